The monoisotopic (exact) mass is 288 g/mol. The van der Waals surface area contributed by atoms with Crippen molar-refractivity contribution in [2.75, 3.05) is 0 Å². The SMILES string of the molecule is CC(C)C(NC(=O)CC1(N)CCCCC1)c1ccccc1. The van der Waals surface area contributed by atoms with Crippen molar-refractivity contribution in [1.82, 2.24) is 5.32 Å². The molecule has 1 aliphatic rings. The summed E-state index contributed by atoms with van der Waals surface area (Å²) >= 11 is 0. The Hall–Kier alpha value is -1.35. The normalized spacial score (nSPS) is 19.2. The minimum atomic E-state index is -0.291. The number of amides is 1. The average Bonchev–Trinajstić information content (AvgIpc) is 2.45. The van der Waals surface area contributed by atoms with Gasteiger partial charge in [0.15, 0.2) is 0 Å². The zero-order valence-corrected chi connectivity index (χ0v) is 13.3. The Bertz CT molecular complexity index is 450. The van der Waals surface area contributed by atoms with Crippen molar-refractivity contribution < 1.29 is 4.79 Å². The molecule has 0 aliphatic heterocycles. The summed E-state index contributed by atoms with van der Waals surface area (Å²) < 4.78 is 0. The molecule has 1 unspecified atom stereocenters. The summed E-state index contributed by atoms with van der Waals surface area (Å²) in [7, 11) is 0. The predicted octanol–water partition coefficient (Wildman–Crippen LogP) is 3.55. The van der Waals surface area contributed by atoms with Crippen LogP contribution in [0, 0.1) is 5.92 Å². The molecule has 116 valence electrons. The predicted molar refractivity (Wildman–Crippen MR) is 86.8 cm³/mol. The van der Waals surface area contributed by atoms with Gasteiger partial charge in [-0.2, -0.15) is 0 Å². The van der Waals surface area contributed by atoms with Gasteiger partial charge in [-0.3, -0.25) is 4.79 Å². The van der Waals surface area contributed by atoms with E-state index in [0.29, 0.717) is 12.3 Å². The van der Waals surface area contributed by atoms with Crippen LogP contribution in [0.1, 0.15) is 64.0 Å². The largest absolute Gasteiger partial charge is 0.349 e. The summed E-state index contributed by atoms with van der Waals surface area (Å²) in [4.78, 5) is 12.4. The molecule has 3 nitrogen and oxygen atoms in total. The number of hydrogen-bond donors (Lipinski definition) is 2. The Labute approximate surface area is 128 Å². The first-order valence-corrected chi connectivity index (χ1v) is 8.13. The molecule has 0 bridgehead atoms. The van der Waals surface area contributed by atoms with Crippen LogP contribution < -0.4 is 11.1 Å². The second-order valence-corrected chi connectivity index (χ2v) is 6.80. The van der Waals surface area contributed by atoms with Crippen molar-refractivity contribution in [2.45, 2.75) is 64.0 Å². The average molecular weight is 288 g/mol. The van der Waals surface area contributed by atoms with Gasteiger partial charge in [0.05, 0.1) is 6.04 Å². The molecule has 3 N–H and O–H groups in total. The second-order valence-electron chi connectivity index (χ2n) is 6.80. The molecular weight excluding hydrogens is 260 g/mol. The van der Waals surface area contributed by atoms with Gasteiger partial charge in [0.1, 0.15) is 0 Å². The highest BCUT2D eigenvalue weighted by atomic mass is 16.1. The molecule has 0 aromatic heterocycles. The van der Waals surface area contributed by atoms with E-state index in [4.69, 9.17) is 5.73 Å². The van der Waals surface area contributed by atoms with Gasteiger partial charge in [-0.1, -0.05) is 63.4 Å². The lowest BCUT2D eigenvalue weighted by molar-refractivity contribution is -0.123. The van der Waals surface area contributed by atoms with Gasteiger partial charge in [-0.15, -0.1) is 0 Å². The van der Waals surface area contributed by atoms with Crippen molar-refractivity contribution >= 4 is 5.91 Å². The summed E-state index contributed by atoms with van der Waals surface area (Å²) in [6.07, 6.45) is 5.94. The number of nitrogens with two attached hydrogens (primary N) is 1. The molecule has 21 heavy (non-hydrogen) atoms. The lowest BCUT2D eigenvalue weighted by Crippen LogP contribution is -2.46. The Morgan fingerprint density at radius 2 is 1.81 bits per heavy atom. The van der Waals surface area contributed by atoms with Crippen molar-refractivity contribution in [1.29, 1.82) is 0 Å². The van der Waals surface area contributed by atoms with Crippen LogP contribution >= 0.6 is 0 Å². The zero-order chi connectivity index (χ0) is 15.3. The topological polar surface area (TPSA) is 55.1 Å². The van der Waals surface area contributed by atoms with Crippen molar-refractivity contribution in [3.63, 3.8) is 0 Å². The molecule has 1 atom stereocenters. The fourth-order valence-corrected chi connectivity index (χ4v) is 3.27. The lowest BCUT2D eigenvalue weighted by atomic mass is 9.80. The smallest absolute Gasteiger partial charge is 0.222 e. The van der Waals surface area contributed by atoms with Crippen LogP contribution in [0.3, 0.4) is 0 Å². The first-order chi connectivity index (χ1) is 10.0. The Morgan fingerprint density at radius 1 is 1.19 bits per heavy atom. The zero-order valence-electron chi connectivity index (χ0n) is 13.3. The first-order valence-electron chi connectivity index (χ1n) is 8.13. The third-order valence-electron chi connectivity index (χ3n) is 4.50. The molecule has 1 aromatic rings. The number of nitrogens with one attached hydrogen (secondary N) is 1. The minimum absolute atomic E-state index is 0.0610. The molecule has 0 radical (unpaired) electrons. The van der Waals surface area contributed by atoms with Crippen LogP contribution in [0.5, 0.6) is 0 Å². The van der Waals surface area contributed by atoms with Crippen molar-refractivity contribution in [3.05, 3.63) is 35.9 Å². The molecule has 3 heteroatoms. The first kappa shape index (κ1) is 16.0. The van der Waals surface area contributed by atoms with Gasteiger partial charge < -0.3 is 11.1 Å². The highest BCUT2D eigenvalue weighted by molar-refractivity contribution is 5.77. The molecule has 1 fully saturated rings. The summed E-state index contributed by atoms with van der Waals surface area (Å²) in [6, 6.07) is 10.2. The summed E-state index contributed by atoms with van der Waals surface area (Å²) in [5.74, 6) is 0.443. The number of carbonyl (C=O) groups is 1. The maximum absolute atomic E-state index is 12.4. The number of rotatable bonds is 5. The van der Waals surface area contributed by atoms with E-state index in [0.717, 1.165) is 31.2 Å². The maximum Gasteiger partial charge on any atom is 0.222 e. The van der Waals surface area contributed by atoms with Crippen LogP contribution in [0.4, 0.5) is 0 Å². The van der Waals surface area contributed by atoms with Crippen molar-refractivity contribution in [2.24, 2.45) is 11.7 Å². The van der Waals surface area contributed by atoms with Gasteiger partial charge in [-0.05, 0) is 24.3 Å². The van der Waals surface area contributed by atoms with E-state index in [1.807, 2.05) is 18.2 Å². The number of benzene rings is 1. The minimum Gasteiger partial charge on any atom is -0.349 e. The number of carbonyl (C=O) groups excluding carboxylic acids is 1. The molecular formula is C18H28N2O. The summed E-state index contributed by atoms with van der Waals surface area (Å²) in [6.45, 7) is 4.27. The van der Waals surface area contributed by atoms with Gasteiger partial charge in [-0.25, -0.2) is 0 Å². The molecule has 0 spiro atoms. The van der Waals surface area contributed by atoms with Crippen LogP contribution in [0.25, 0.3) is 0 Å². The second kappa shape index (κ2) is 7.08. The summed E-state index contributed by atoms with van der Waals surface area (Å²) in [5.41, 5.74) is 7.26. The maximum atomic E-state index is 12.4. The molecule has 0 heterocycles. The fourth-order valence-electron chi connectivity index (χ4n) is 3.27. The van der Waals surface area contributed by atoms with Crippen LogP contribution in [-0.4, -0.2) is 11.4 Å². The highest BCUT2D eigenvalue weighted by Gasteiger charge is 2.31. The van der Waals surface area contributed by atoms with Crippen LogP contribution in [0.15, 0.2) is 30.3 Å². The third kappa shape index (κ3) is 4.57. The van der Waals surface area contributed by atoms with Gasteiger partial charge in [0, 0.05) is 12.0 Å². The highest BCUT2D eigenvalue weighted by Crippen LogP contribution is 2.29. The van der Waals surface area contributed by atoms with E-state index in [9.17, 15) is 4.79 Å². The quantitative estimate of drug-likeness (QED) is 0.870. The molecule has 1 saturated carbocycles. The molecule has 1 aromatic carbocycles. The van der Waals surface area contributed by atoms with Crippen LogP contribution in [0.2, 0.25) is 0 Å². The Morgan fingerprint density at radius 3 is 2.38 bits per heavy atom. The Balaban J connectivity index is 1.99. The lowest BCUT2D eigenvalue weighted by Gasteiger charge is -2.33. The molecule has 1 amide bonds. The number of hydrogen-bond acceptors (Lipinski definition) is 2. The van der Waals surface area contributed by atoms with Gasteiger partial charge >= 0.3 is 0 Å². The van der Waals surface area contributed by atoms with E-state index in [2.05, 4.69) is 31.3 Å². The standard InChI is InChI=1S/C18H28N2O/c1-14(2)17(15-9-5-3-6-10-15)20-16(21)13-18(19)11-7-4-8-12-18/h3,5-6,9-10,14,17H,4,7-8,11-13,19H2,1-2H3,(H,20,21). The van der Waals surface area contributed by atoms with Crippen molar-refractivity contribution in [3.8, 4) is 0 Å². The van der Waals surface area contributed by atoms with E-state index in [1.54, 1.807) is 0 Å². The van der Waals surface area contributed by atoms with E-state index in [1.165, 1.54) is 6.42 Å². The molecule has 1 aliphatic carbocycles. The van der Waals surface area contributed by atoms with Gasteiger partial charge in [0.2, 0.25) is 5.91 Å². The van der Waals surface area contributed by atoms with Gasteiger partial charge in [0.25, 0.3) is 0 Å². The van der Waals surface area contributed by atoms with E-state index < -0.39 is 0 Å². The Kier molecular flexibility index (Phi) is 5.40. The van der Waals surface area contributed by atoms with E-state index >= 15 is 0 Å². The molecule has 0 saturated heterocycles. The summed E-state index contributed by atoms with van der Waals surface area (Å²) in [5, 5.41) is 3.19. The van der Waals surface area contributed by atoms with E-state index in [-0.39, 0.29) is 17.5 Å². The third-order valence-corrected chi connectivity index (χ3v) is 4.50. The molecule has 2 rings (SSSR count). The fraction of sp³-hybridized carbons (Fsp3) is 0.611. The van der Waals surface area contributed by atoms with Crippen LogP contribution in [-0.2, 0) is 4.79 Å².